The Kier molecular flexibility index (Phi) is 15.1. The van der Waals surface area contributed by atoms with Crippen molar-refractivity contribution in [2.24, 2.45) is 5.41 Å². The van der Waals surface area contributed by atoms with Crippen LogP contribution in [0.25, 0.3) is 21.8 Å². The van der Waals surface area contributed by atoms with Gasteiger partial charge < -0.3 is 14.4 Å². The summed E-state index contributed by atoms with van der Waals surface area (Å²) in [7, 11) is 1.68. The maximum absolute atomic E-state index is 9.82. The van der Waals surface area contributed by atoms with Crippen molar-refractivity contribution in [1.29, 1.82) is 0 Å². The summed E-state index contributed by atoms with van der Waals surface area (Å²) in [5, 5.41) is 1.82. The molecule has 0 bridgehead atoms. The molecule has 0 amide bonds. The smallest absolute Gasteiger partial charge is 0.187 e. The minimum atomic E-state index is 0.182. The lowest BCUT2D eigenvalue weighted by Gasteiger charge is -2.19. The van der Waals surface area contributed by atoms with Crippen molar-refractivity contribution in [2.75, 3.05) is 31.4 Å². The van der Waals surface area contributed by atoms with Crippen LogP contribution in [-0.4, -0.2) is 47.7 Å². The Morgan fingerprint density at radius 1 is 1.03 bits per heavy atom. The number of aldehydes is 1. The number of carbonyl (C=O) groups excluding carboxylic acids is 1. The number of benzene rings is 1. The second-order valence-electron chi connectivity index (χ2n) is 9.25. The van der Waals surface area contributed by atoms with Crippen LogP contribution in [0.2, 0.25) is 0 Å². The van der Waals surface area contributed by atoms with Crippen molar-refractivity contribution in [3.8, 4) is 27.6 Å². The van der Waals surface area contributed by atoms with E-state index >= 15 is 0 Å². The van der Waals surface area contributed by atoms with Crippen LogP contribution in [0.15, 0.2) is 41.7 Å². The van der Waals surface area contributed by atoms with Crippen LogP contribution in [0.5, 0.6) is 5.75 Å². The van der Waals surface area contributed by atoms with Crippen LogP contribution in [0.4, 0.5) is 5.13 Å². The third kappa shape index (κ3) is 10.8. The zero-order valence-corrected chi connectivity index (χ0v) is 25.6. The molecule has 204 valence electrons. The van der Waals surface area contributed by atoms with E-state index in [1.54, 1.807) is 30.2 Å². The van der Waals surface area contributed by atoms with Crippen LogP contribution < -0.4 is 9.64 Å². The number of carbonyl (C=O) groups is 1. The van der Waals surface area contributed by atoms with Gasteiger partial charge in [0.2, 0.25) is 0 Å². The summed E-state index contributed by atoms with van der Waals surface area (Å²) in [6, 6.07) is 10.0. The lowest BCUT2D eigenvalue weighted by molar-refractivity contribution is -0.109. The number of rotatable bonds is 10. The number of nitrogens with zero attached hydrogens (tertiary/aromatic N) is 4. The Morgan fingerprint density at radius 3 is 2.11 bits per heavy atom. The number of ether oxygens (including phenoxy) is 1. The van der Waals surface area contributed by atoms with Crippen molar-refractivity contribution >= 4 is 34.5 Å². The summed E-state index contributed by atoms with van der Waals surface area (Å²) in [5.41, 5.74) is 3.13. The van der Waals surface area contributed by atoms with Crippen LogP contribution in [0.3, 0.4) is 0 Å². The van der Waals surface area contributed by atoms with Gasteiger partial charge in [0.05, 0.1) is 23.4 Å². The first-order valence-electron chi connectivity index (χ1n) is 13.0. The number of methoxy groups -OCH3 is 1. The van der Waals surface area contributed by atoms with Gasteiger partial charge >= 0.3 is 0 Å². The fourth-order valence-corrected chi connectivity index (χ4v) is 4.69. The van der Waals surface area contributed by atoms with Crippen LogP contribution in [0, 0.1) is 5.41 Å². The van der Waals surface area contributed by atoms with E-state index in [2.05, 4.69) is 35.9 Å². The molecule has 0 aliphatic rings. The maximum atomic E-state index is 9.82. The molecular formula is C29H44N4O2S2. The fourth-order valence-electron chi connectivity index (χ4n) is 3.22. The molecule has 0 spiro atoms. The number of thiazole rings is 1. The Hall–Kier alpha value is -2.45. The van der Waals surface area contributed by atoms with E-state index in [9.17, 15) is 4.79 Å². The van der Waals surface area contributed by atoms with Gasteiger partial charge in [-0.05, 0) is 54.8 Å². The van der Waals surface area contributed by atoms with Gasteiger partial charge in [0.25, 0.3) is 0 Å². The van der Waals surface area contributed by atoms with E-state index in [1.165, 1.54) is 0 Å². The summed E-state index contributed by atoms with van der Waals surface area (Å²) >= 11 is 3.26. The molecule has 3 rings (SSSR count). The Labute approximate surface area is 232 Å². The summed E-state index contributed by atoms with van der Waals surface area (Å²) in [6.07, 6.45) is 7.62. The molecule has 3 aromatic rings. The molecule has 0 unspecified atom stereocenters. The van der Waals surface area contributed by atoms with E-state index in [0.29, 0.717) is 6.42 Å². The van der Waals surface area contributed by atoms with Crippen molar-refractivity contribution < 1.29 is 9.53 Å². The second kappa shape index (κ2) is 17.1. The van der Waals surface area contributed by atoms with E-state index < -0.39 is 0 Å². The number of aromatic nitrogens is 3. The van der Waals surface area contributed by atoms with Crippen LogP contribution >= 0.6 is 23.1 Å². The lowest BCUT2D eigenvalue weighted by atomic mass is 9.93. The minimum Gasteiger partial charge on any atom is -0.497 e. The van der Waals surface area contributed by atoms with Crippen molar-refractivity contribution in [1.82, 2.24) is 15.0 Å². The van der Waals surface area contributed by atoms with E-state index in [0.717, 1.165) is 70.1 Å². The highest BCUT2D eigenvalue weighted by atomic mass is 32.2. The third-order valence-corrected chi connectivity index (χ3v) is 6.68. The summed E-state index contributed by atoms with van der Waals surface area (Å²) < 4.78 is 5.31. The molecule has 0 aliphatic carbocycles. The third-order valence-electron chi connectivity index (χ3n) is 4.98. The highest BCUT2D eigenvalue weighted by Crippen LogP contribution is 2.40. The predicted molar refractivity (Wildman–Crippen MR) is 161 cm³/mol. The number of thioether (sulfide) groups is 1. The summed E-state index contributed by atoms with van der Waals surface area (Å²) in [4.78, 5) is 27.4. The average Bonchev–Trinajstić information content (AvgIpc) is 3.35. The molecule has 0 saturated heterocycles. The van der Waals surface area contributed by atoms with Crippen molar-refractivity contribution in [3.05, 3.63) is 36.5 Å². The van der Waals surface area contributed by atoms with E-state index in [4.69, 9.17) is 14.7 Å². The van der Waals surface area contributed by atoms with Gasteiger partial charge in [-0.1, -0.05) is 71.6 Å². The number of hydrogen-bond donors (Lipinski definition) is 0. The minimum absolute atomic E-state index is 0.182. The van der Waals surface area contributed by atoms with Gasteiger partial charge in [-0.2, -0.15) is 0 Å². The predicted octanol–water partition coefficient (Wildman–Crippen LogP) is 8.27. The monoisotopic (exact) mass is 544 g/mol. The lowest BCUT2D eigenvalue weighted by Crippen LogP contribution is -2.24. The molecule has 8 heteroatoms. The molecule has 2 heterocycles. The maximum Gasteiger partial charge on any atom is 0.187 e. The molecule has 0 fully saturated rings. The van der Waals surface area contributed by atoms with E-state index in [1.807, 2.05) is 65.3 Å². The first-order chi connectivity index (χ1) is 17.8. The zero-order valence-electron chi connectivity index (χ0n) is 24.0. The van der Waals surface area contributed by atoms with Crippen molar-refractivity contribution in [3.63, 3.8) is 0 Å². The van der Waals surface area contributed by atoms with Gasteiger partial charge in [0, 0.05) is 31.3 Å². The first kappa shape index (κ1) is 32.6. The fraction of sp³-hybridized carbons (Fsp3) is 0.517. The molecular weight excluding hydrogens is 500 g/mol. The van der Waals surface area contributed by atoms with Gasteiger partial charge in [-0.25, -0.2) is 15.0 Å². The molecule has 1 aromatic carbocycles. The Balaban J connectivity index is 0.000000659. The molecule has 6 nitrogen and oxygen atoms in total. The molecule has 0 saturated carbocycles. The molecule has 37 heavy (non-hydrogen) atoms. The molecule has 0 aliphatic heterocycles. The largest absolute Gasteiger partial charge is 0.497 e. The normalized spacial score (nSPS) is 10.5. The standard InChI is InChI=1S/C21H26N4OS2.C6H12O.C2H6/c1-5-13-25(14-6-2)21-24-18(15-7-9-16(26-3)10-8-15)19(28-21)17-11-12-22-20(23-17)27-4;1-6(2,3)4-5-7;1-2/h7-12H,5-6,13-14H2,1-4H3;5H,4H2,1-3H3;1-2H3. The van der Waals surface area contributed by atoms with Gasteiger partial charge in [0.1, 0.15) is 12.0 Å². The Bertz CT molecular complexity index is 1040. The van der Waals surface area contributed by atoms with Gasteiger partial charge in [0.15, 0.2) is 10.3 Å². The highest BCUT2D eigenvalue weighted by molar-refractivity contribution is 7.98. The van der Waals surface area contributed by atoms with Crippen molar-refractivity contribution in [2.45, 2.75) is 72.9 Å². The Morgan fingerprint density at radius 2 is 1.65 bits per heavy atom. The summed E-state index contributed by atoms with van der Waals surface area (Å²) in [5.74, 6) is 0.839. The van der Waals surface area contributed by atoms with E-state index in [-0.39, 0.29) is 5.41 Å². The van der Waals surface area contributed by atoms with Crippen LogP contribution in [-0.2, 0) is 4.79 Å². The topological polar surface area (TPSA) is 68.2 Å². The highest BCUT2D eigenvalue weighted by Gasteiger charge is 2.20. The molecule has 0 atom stereocenters. The van der Waals surface area contributed by atoms with Gasteiger partial charge in [-0.3, -0.25) is 0 Å². The molecule has 2 aromatic heterocycles. The SMILES string of the molecule is CC.CC(C)(C)CC=O.CCCN(CCC)c1nc(-c2ccc(OC)cc2)c(-c2ccnc(SC)n2)s1. The second-order valence-corrected chi connectivity index (χ2v) is 11.0. The molecule has 0 radical (unpaired) electrons. The summed E-state index contributed by atoms with van der Waals surface area (Å²) in [6.45, 7) is 16.5. The number of hydrogen-bond acceptors (Lipinski definition) is 8. The number of anilines is 1. The zero-order chi connectivity index (χ0) is 27.8. The molecule has 0 N–H and O–H groups in total. The average molecular weight is 545 g/mol. The quantitative estimate of drug-likeness (QED) is 0.144. The van der Waals surface area contributed by atoms with Crippen LogP contribution in [0.1, 0.15) is 67.7 Å². The first-order valence-corrected chi connectivity index (χ1v) is 15.0. The van der Waals surface area contributed by atoms with Gasteiger partial charge in [-0.15, -0.1) is 0 Å².